The molecule has 0 radical (unpaired) electrons. The second-order valence-electron chi connectivity index (χ2n) is 4.15. The SMILES string of the molecule is C[C@@H](Cc1ccc(Cl)cc1)c1nnc(CN=[N+]=[N-])o1. The maximum Gasteiger partial charge on any atom is 0.222 e. The molecular weight excluding hydrogens is 266 g/mol. The van der Waals surface area contributed by atoms with E-state index in [1.54, 1.807) is 0 Å². The van der Waals surface area contributed by atoms with Gasteiger partial charge in [0.15, 0.2) is 0 Å². The Bertz CT molecular complexity index is 588. The highest BCUT2D eigenvalue weighted by Crippen LogP contribution is 2.20. The molecule has 0 unspecified atom stereocenters. The van der Waals surface area contributed by atoms with E-state index in [9.17, 15) is 0 Å². The molecule has 0 aliphatic rings. The number of aromatic nitrogens is 2. The fourth-order valence-corrected chi connectivity index (χ4v) is 1.81. The summed E-state index contributed by atoms with van der Waals surface area (Å²) in [4.78, 5) is 2.65. The van der Waals surface area contributed by atoms with Crippen molar-refractivity contribution in [2.24, 2.45) is 5.11 Å². The fraction of sp³-hybridized carbons (Fsp3) is 0.333. The van der Waals surface area contributed by atoms with Gasteiger partial charge in [-0.05, 0) is 29.6 Å². The van der Waals surface area contributed by atoms with E-state index in [1.807, 2.05) is 31.2 Å². The first-order chi connectivity index (χ1) is 9.19. The molecule has 1 atom stereocenters. The lowest BCUT2D eigenvalue weighted by molar-refractivity contribution is 0.423. The first-order valence-corrected chi connectivity index (χ1v) is 6.14. The van der Waals surface area contributed by atoms with Crippen molar-refractivity contribution in [2.45, 2.75) is 25.8 Å². The minimum atomic E-state index is 0.0805. The van der Waals surface area contributed by atoms with E-state index in [2.05, 4.69) is 20.2 Å². The van der Waals surface area contributed by atoms with Gasteiger partial charge in [0.25, 0.3) is 0 Å². The summed E-state index contributed by atoms with van der Waals surface area (Å²) in [5.41, 5.74) is 9.36. The van der Waals surface area contributed by atoms with E-state index in [-0.39, 0.29) is 12.5 Å². The van der Waals surface area contributed by atoms with Gasteiger partial charge in [-0.25, -0.2) is 0 Å². The third kappa shape index (κ3) is 3.71. The lowest BCUT2D eigenvalue weighted by Gasteiger charge is -2.06. The number of benzene rings is 1. The van der Waals surface area contributed by atoms with Gasteiger partial charge in [-0.3, -0.25) is 0 Å². The van der Waals surface area contributed by atoms with Gasteiger partial charge < -0.3 is 4.42 Å². The summed E-state index contributed by atoms with van der Waals surface area (Å²) in [5, 5.41) is 11.9. The summed E-state index contributed by atoms with van der Waals surface area (Å²) in [6, 6.07) is 7.64. The van der Waals surface area contributed by atoms with Crippen molar-refractivity contribution in [2.75, 3.05) is 0 Å². The maximum absolute atomic E-state index is 8.22. The molecule has 0 bridgehead atoms. The normalized spacial score (nSPS) is 11.9. The Kier molecular flexibility index (Phi) is 4.39. The zero-order valence-corrected chi connectivity index (χ0v) is 11.1. The molecule has 2 aromatic rings. The molecule has 0 N–H and O–H groups in total. The van der Waals surface area contributed by atoms with Crippen LogP contribution in [0.15, 0.2) is 33.8 Å². The number of rotatable bonds is 5. The highest BCUT2D eigenvalue weighted by atomic mass is 35.5. The summed E-state index contributed by atoms with van der Waals surface area (Å²) in [6.07, 6.45) is 0.778. The molecule has 0 saturated carbocycles. The molecule has 0 fully saturated rings. The summed E-state index contributed by atoms with van der Waals surface area (Å²) in [5.74, 6) is 0.960. The Morgan fingerprint density at radius 1 is 1.37 bits per heavy atom. The van der Waals surface area contributed by atoms with Crippen molar-refractivity contribution in [3.63, 3.8) is 0 Å². The molecule has 98 valence electrons. The van der Waals surface area contributed by atoms with Gasteiger partial charge in [0.2, 0.25) is 11.8 Å². The van der Waals surface area contributed by atoms with Crippen LogP contribution in [0.4, 0.5) is 0 Å². The molecule has 19 heavy (non-hydrogen) atoms. The maximum atomic E-state index is 8.22. The minimum absolute atomic E-state index is 0.0805. The molecule has 0 saturated heterocycles. The van der Waals surface area contributed by atoms with E-state index in [1.165, 1.54) is 0 Å². The van der Waals surface area contributed by atoms with Crippen molar-refractivity contribution in [3.05, 3.63) is 57.1 Å². The lowest BCUT2D eigenvalue weighted by atomic mass is 10.0. The summed E-state index contributed by atoms with van der Waals surface area (Å²) >= 11 is 5.84. The van der Waals surface area contributed by atoms with Gasteiger partial charge in [-0.2, -0.15) is 0 Å². The van der Waals surface area contributed by atoms with E-state index in [4.69, 9.17) is 21.5 Å². The quantitative estimate of drug-likeness (QED) is 0.472. The molecule has 0 aliphatic heterocycles. The average Bonchev–Trinajstić information content (AvgIpc) is 2.88. The number of nitrogens with zero attached hydrogens (tertiary/aromatic N) is 5. The Morgan fingerprint density at radius 2 is 2.11 bits per heavy atom. The van der Waals surface area contributed by atoms with Gasteiger partial charge in [-0.1, -0.05) is 35.8 Å². The summed E-state index contributed by atoms with van der Waals surface area (Å²) in [7, 11) is 0. The van der Waals surface area contributed by atoms with Crippen LogP contribution in [-0.4, -0.2) is 10.2 Å². The van der Waals surface area contributed by atoms with Crippen molar-refractivity contribution in [3.8, 4) is 0 Å². The van der Waals surface area contributed by atoms with E-state index in [0.29, 0.717) is 16.8 Å². The smallest absolute Gasteiger partial charge is 0.222 e. The summed E-state index contributed by atoms with van der Waals surface area (Å²) < 4.78 is 5.43. The van der Waals surface area contributed by atoms with Gasteiger partial charge in [-0.15, -0.1) is 10.2 Å². The van der Waals surface area contributed by atoms with Gasteiger partial charge in [0, 0.05) is 15.9 Å². The monoisotopic (exact) mass is 277 g/mol. The van der Waals surface area contributed by atoms with E-state index in [0.717, 1.165) is 12.0 Å². The van der Waals surface area contributed by atoms with Crippen LogP contribution in [0, 0.1) is 0 Å². The zero-order chi connectivity index (χ0) is 13.7. The largest absolute Gasteiger partial charge is 0.425 e. The van der Waals surface area contributed by atoms with Crippen LogP contribution in [0.5, 0.6) is 0 Å². The topological polar surface area (TPSA) is 87.7 Å². The van der Waals surface area contributed by atoms with Crippen LogP contribution in [0.2, 0.25) is 5.02 Å². The molecule has 2 rings (SSSR count). The Labute approximate surface area is 115 Å². The molecule has 6 nitrogen and oxygen atoms in total. The number of hydrogen-bond acceptors (Lipinski definition) is 4. The van der Waals surface area contributed by atoms with Crippen LogP contribution in [0.25, 0.3) is 10.4 Å². The highest BCUT2D eigenvalue weighted by molar-refractivity contribution is 6.30. The van der Waals surface area contributed by atoms with Crippen molar-refractivity contribution in [1.29, 1.82) is 0 Å². The Morgan fingerprint density at radius 3 is 2.79 bits per heavy atom. The fourth-order valence-electron chi connectivity index (χ4n) is 1.68. The van der Waals surface area contributed by atoms with Gasteiger partial charge in [0.1, 0.15) is 6.54 Å². The molecule has 0 spiro atoms. The number of hydrogen-bond donors (Lipinski definition) is 0. The van der Waals surface area contributed by atoms with Crippen LogP contribution < -0.4 is 0 Å². The third-order valence-electron chi connectivity index (χ3n) is 2.63. The summed E-state index contributed by atoms with van der Waals surface area (Å²) in [6.45, 7) is 2.08. The van der Waals surface area contributed by atoms with Crippen LogP contribution in [0.1, 0.15) is 30.2 Å². The van der Waals surface area contributed by atoms with Crippen LogP contribution in [-0.2, 0) is 13.0 Å². The van der Waals surface area contributed by atoms with E-state index < -0.39 is 0 Å². The minimum Gasteiger partial charge on any atom is -0.425 e. The van der Waals surface area contributed by atoms with Gasteiger partial charge in [0.05, 0.1) is 0 Å². The van der Waals surface area contributed by atoms with Crippen LogP contribution >= 0.6 is 11.6 Å². The standard InChI is InChI=1S/C12H12ClN5O/c1-8(6-9-2-4-10(13)5-3-9)12-17-16-11(19-12)7-15-18-14/h2-5,8H,6-7H2,1H3/t8-/m0/s1. The molecule has 1 heterocycles. The molecule has 0 amide bonds. The predicted molar refractivity (Wildman–Crippen MR) is 70.7 cm³/mol. The predicted octanol–water partition coefficient (Wildman–Crippen LogP) is 3.88. The zero-order valence-electron chi connectivity index (χ0n) is 10.3. The van der Waals surface area contributed by atoms with Crippen molar-refractivity contribution in [1.82, 2.24) is 10.2 Å². The number of halogens is 1. The molecule has 0 aliphatic carbocycles. The third-order valence-corrected chi connectivity index (χ3v) is 2.88. The Balaban J connectivity index is 2.02. The molecule has 7 heteroatoms. The number of azide groups is 1. The second-order valence-corrected chi connectivity index (χ2v) is 4.59. The molecular formula is C12H12ClN5O. The first kappa shape index (κ1) is 13.4. The van der Waals surface area contributed by atoms with Crippen molar-refractivity contribution >= 4 is 11.6 Å². The molecule has 1 aromatic heterocycles. The lowest BCUT2D eigenvalue weighted by Crippen LogP contribution is -1.98. The Hall–Kier alpha value is -2.04. The van der Waals surface area contributed by atoms with E-state index >= 15 is 0 Å². The average molecular weight is 278 g/mol. The van der Waals surface area contributed by atoms with Crippen molar-refractivity contribution < 1.29 is 4.42 Å². The van der Waals surface area contributed by atoms with Crippen LogP contribution in [0.3, 0.4) is 0 Å². The first-order valence-electron chi connectivity index (χ1n) is 5.76. The molecule has 1 aromatic carbocycles. The van der Waals surface area contributed by atoms with Gasteiger partial charge >= 0.3 is 0 Å². The second kappa shape index (κ2) is 6.22. The highest BCUT2D eigenvalue weighted by Gasteiger charge is 2.14.